The summed E-state index contributed by atoms with van der Waals surface area (Å²) in [5.74, 6) is 0.943. The van der Waals surface area contributed by atoms with Crippen LogP contribution in [0.25, 0.3) is 0 Å². The first-order valence-corrected chi connectivity index (χ1v) is 5.75. The van der Waals surface area contributed by atoms with Gasteiger partial charge in [0.15, 0.2) is 0 Å². The van der Waals surface area contributed by atoms with Gasteiger partial charge in [-0.2, -0.15) is 0 Å². The Morgan fingerprint density at radius 2 is 2.00 bits per heavy atom. The first-order chi connectivity index (χ1) is 7.25. The zero-order valence-corrected chi connectivity index (χ0v) is 9.39. The third kappa shape index (κ3) is 3.33. The lowest BCUT2D eigenvalue weighted by Gasteiger charge is -2.21. The predicted molar refractivity (Wildman–Crippen MR) is 63.6 cm³/mol. The second-order valence-electron chi connectivity index (χ2n) is 4.68. The molecule has 1 saturated carbocycles. The van der Waals surface area contributed by atoms with Crippen LogP contribution in [0.1, 0.15) is 24.4 Å². The molecule has 2 N–H and O–H groups in total. The Labute approximate surface area is 92.1 Å². The maximum atomic E-state index is 6.15. The van der Waals surface area contributed by atoms with Gasteiger partial charge in [-0.15, -0.1) is 0 Å². The van der Waals surface area contributed by atoms with Crippen molar-refractivity contribution in [1.82, 2.24) is 4.90 Å². The number of benzene rings is 1. The molecule has 82 valence electrons. The van der Waals surface area contributed by atoms with Gasteiger partial charge in [-0.25, -0.2) is 0 Å². The molecule has 1 aliphatic rings. The van der Waals surface area contributed by atoms with E-state index in [-0.39, 0.29) is 6.04 Å². The molecule has 1 aromatic carbocycles. The van der Waals surface area contributed by atoms with Crippen LogP contribution in [0.2, 0.25) is 0 Å². The second-order valence-corrected chi connectivity index (χ2v) is 4.68. The fraction of sp³-hybridized carbons (Fsp3) is 0.538. The molecule has 0 spiro atoms. The molecular weight excluding hydrogens is 184 g/mol. The molecule has 1 atom stereocenters. The maximum absolute atomic E-state index is 6.15. The van der Waals surface area contributed by atoms with E-state index < -0.39 is 0 Å². The van der Waals surface area contributed by atoms with Gasteiger partial charge in [-0.1, -0.05) is 30.3 Å². The van der Waals surface area contributed by atoms with Gasteiger partial charge in [0.25, 0.3) is 0 Å². The largest absolute Gasteiger partial charge is 0.323 e. The Morgan fingerprint density at radius 1 is 1.33 bits per heavy atom. The molecule has 0 heterocycles. The molecule has 0 radical (unpaired) electrons. The number of hydrogen-bond donors (Lipinski definition) is 1. The topological polar surface area (TPSA) is 29.3 Å². The van der Waals surface area contributed by atoms with E-state index in [0.717, 1.165) is 12.5 Å². The second kappa shape index (κ2) is 4.77. The van der Waals surface area contributed by atoms with Crippen molar-refractivity contribution in [1.29, 1.82) is 0 Å². The van der Waals surface area contributed by atoms with Gasteiger partial charge in [0, 0.05) is 19.1 Å². The maximum Gasteiger partial charge on any atom is 0.0424 e. The van der Waals surface area contributed by atoms with Crippen molar-refractivity contribution < 1.29 is 0 Å². The minimum Gasteiger partial charge on any atom is -0.323 e. The number of nitrogens with two attached hydrogens (primary N) is 1. The third-order valence-corrected chi connectivity index (χ3v) is 3.00. The van der Waals surface area contributed by atoms with Gasteiger partial charge in [-0.05, 0) is 31.4 Å². The lowest BCUT2D eigenvalue weighted by atomic mass is 10.1. The molecule has 0 aromatic heterocycles. The zero-order chi connectivity index (χ0) is 10.7. The van der Waals surface area contributed by atoms with Gasteiger partial charge in [0.1, 0.15) is 0 Å². The molecule has 1 aromatic rings. The molecule has 2 heteroatoms. The Kier molecular flexibility index (Phi) is 3.39. The Bertz CT molecular complexity index is 293. The highest BCUT2D eigenvalue weighted by Crippen LogP contribution is 2.29. The van der Waals surface area contributed by atoms with Crippen LogP contribution >= 0.6 is 0 Å². The smallest absolute Gasteiger partial charge is 0.0424 e. The molecule has 0 bridgehead atoms. The van der Waals surface area contributed by atoms with Gasteiger partial charge >= 0.3 is 0 Å². The van der Waals surface area contributed by atoms with Gasteiger partial charge in [0.05, 0.1) is 0 Å². The van der Waals surface area contributed by atoms with Gasteiger partial charge < -0.3 is 10.6 Å². The van der Waals surface area contributed by atoms with E-state index in [2.05, 4.69) is 36.2 Å². The van der Waals surface area contributed by atoms with Crippen LogP contribution in [0.15, 0.2) is 30.3 Å². The Morgan fingerprint density at radius 3 is 2.60 bits per heavy atom. The van der Waals surface area contributed by atoms with Crippen LogP contribution < -0.4 is 5.73 Å². The molecule has 1 fully saturated rings. The Hall–Kier alpha value is -0.860. The average Bonchev–Trinajstić information content (AvgIpc) is 3.03. The molecule has 15 heavy (non-hydrogen) atoms. The molecule has 0 amide bonds. The van der Waals surface area contributed by atoms with Crippen molar-refractivity contribution in [3.63, 3.8) is 0 Å². The highest BCUT2D eigenvalue weighted by atomic mass is 15.1. The highest BCUT2D eigenvalue weighted by Gasteiger charge is 2.23. The van der Waals surface area contributed by atoms with Crippen LogP contribution in [0.5, 0.6) is 0 Å². The van der Waals surface area contributed by atoms with Crippen LogP contribution in [0, 0.1) is 5.92 Å². The number of likely N-dealkylation sites (N-methyl/N-ethyl adjacent to an activating group) is 1. The van der Waals surface area contributed by atoms with Crippen molar-refractivity contribution in [2.45, 2.75) is 18.9 Å². The number of hydrogen-bond acceptors (Lipinski definition) is 2. The first kappa shape index (κ1) is 10.7. The van der Waals surface area contributed by atoms with Crippen molar-refractivity contribution in [3.05, 3.63) is 35.9 Å². The highest BCUT2D eigenvalue weighted by molar-refractivity contribution is 5.18. The minimum atomic E-state index is 0.148. The molecule has 0 aliphatic heterocycles. The molecule has 1 unspecified atom stereocenters. The predicted octanol–water partition coefficient (Wildman–Crippen LogP) is 2.03. The summed E-state index contributed by atoms with van der Waals surface area (Å²) in [5.41, 5.74) is 7.39. The van der Waals surface area contributed by atoms with Crippen LogP contribution in [0.3, 0.4) is 0 Å². The summed E-state index contributed by atoms with van der Waals surface area (Å²) < 4.78 is 0. The lowest BCUT2D eigenvalue weighted by molar-refractivity contribution is 0.300. The minimum absolute atomic E-state index is 0.148. The van der Waals surface area contributed by atoms with Crippen molar-refractivity contribution >= 4 is 0 Å². The summed E-state index contributed by atoms with van der Waals surface area (Å²) in [7, 11) is 2.17. The molecule has 2 rings (SSSR count). The molecule has 1 aliphatic carbocycles. The monoisotopic (exact) mass is 204 g/mol. The Balaban J connectivity index is 1.82. The van der Waals surface area contributed by atoms with Crippen LogP contribution in [-0.2, 0) is 0 Å². The summed E-state index contributed by atoms with van der Waals surface area (Å²) in [4.78, 5) is 2.36. The normalized spacial score (nSPS) is 18.1. The zero-order valence-electron chi connectivity index (χ0n) is 9.39. The summed E-state index contributed by atoms with van der Waals surface area (Å²) in [6, 6.07) is 10.5. The number of rotatable bonds is 5. The van der Waals surface area contributed by atoms with E-state index in [4.69, 9.17) is 5.73 Å². The fourth-order valence-electron chi connectivity index (χ4n) is 1.96. The fourth-order valence-corrected chi connectivity index (χ4v) is 1.96. The summed E-state index contributed by atoms with van der Waals surface area (Å²) in [6.45, 7) is 2.17. The summed E-state index contributed by atoms with van der Waals surface area (Å²) in [5, 5.41) is 0. The molecule has 0 saturated heterocycles. The van der Waals surface area contributed by atoms with Gasteiger partial charge in [0.2, 0.25) is 0 Å². The van der Waals surface area contributed by atoms with Gasteiger partial charge in [-0.3, -0.25) is 0 Å². The van der Waals surface area contributed by atoms with E-state index in [1.165, 1.54) is 24.9 Å². The average molecular weight is 204 g/mol. The van der Waals surface area contributed by atoms with E-state index in [0.29, 0.717) is 0 Å². The van der Waals surface area contributed by atoms with E-state index in [1.54, 1.807) is 0 Å². The number of nitrogens with zero attached hydrogens (tertiary/aromatic N) is 1. The summed E-state index contributed by atoms with van der Waals surface area (Å²) in [6.07, 6.45) is 2.82. The molecule has 2 nitrogen and oxygen atoms in total. The standard InChI is InChI=1S/C13H20N2/c1-15(9-11-7-8-11)10-13(14)12-5-3-2-4-6-12/h2-6,11,13H,7-10,14H2,1H3. The lowest BCUT2D eigenvalue weighted by Crippen LogP contribution is -2.30. The third-order valence-electron chi connectivity index (χ3n) is 3.00. The van der Waals surface area contributed by atoms with Crippen molar-refractivity contribution in [2.24, 2.45) is 11.7 Å². The van der Waals surface area contributed by atoms with E-state index in [1.807, 2.05) is 6.07 Å². The van der Waals surface area contributed by atoms with Crippen LogP contribution in [-0.4, -0.2) is 25.0 Å². The van der Waals surface area contributed by atoms with E-state index in [9.17, 15) is 0 Å². The van der Waals surface area contributed by atoms with Crippen molar-refractivity contribution in [2.75, 3.05) is 20.1 Å². The van der Waals surface area contributed by atoms with E-state index >= 15 is 0 Å². The summed E-state index contributed by atoms with van der Waals surface area (Å²) >= 11 is 0. The van der Waals surface area contributed by atoms with Crippen LogP contribution in [0.4, 0.5) is 0 Å². The van der Waals surface area contributed by atoms with Crippen molar-refractivity contribution in [3.8, 4) is 0 Å². The SMILES string of the molecule is CN(CC1CC1)CC(N)c1ccccc1. The first-order valence-electron chi connectivity index (χ1n) is 5.75. The quantitative estimate of drug-likeness (QED) is 0.795. The molecular formula is C13H20N2.